The van der Waals surface area contributed by atoms with E-state index in [-0.39, 0.29) is 6.10 Å². The molecule has 0 amide bonds. The molecule has 1 N–H and O–H groups in total. The second kappa shape index (κ2) is 9.38. The SMILES string of the molecule is CCNC(=NCC1CN2CCCC2CO1)N(C)Cc1ccc(CC)cc1. The predicted molar refractivity (Wildman–Crippen MR) is 108 cm³/mol. The summed E-state index contributed by atoms with van der Waals surface area (Å²) in [5.41, 5.74) is 2.69. The van der Waals surface area contributed by atoms with Gasteiger partial charge in [-0.05, 0) is 43.9 Å². The van der Waals surface area contributed by atoms with Gasteiger partial charge in [0.05, 0.1) is 19.3 Å². The molecule has 3 rings (SSSR count). The fourth-order valence-electron chi connectivity index (χ4n) is 3.88. The molecule has 2 aliphatic heterocycles. The Bertz CT molecular complexity index is 586. The largest absolute Gasteiger partial charge is 0.373 e. The highest BCUT2D eigenvalue weighted by atomic mass is 16.5. The topological polar surface area (TPSA) is 40.1 Å². The molecule has 0 bridgehead atoms. The Morgan fingerprint density at radius 3 is 2.77 bits per heavy atom. The molecular weight excluding hydrogens is 324 g/mol. The normalized spacial score (nSPS) is 23.7. The van der Waals surface area contributed by atoms with E-state index >= 15 is 0 Å². The van der Waals surface area contributed by atoms with E-state index in [0.717, 1.165) is 45.2 Å². The molecular formula is C21H34N4O. The highest BCUT2D eigenvalue weighted by molar-refractivity contribution is 5.79. The molecule has 0 radical (unpaired) electrons. The molecule has 26 heavy (non-hydrogen) atoms. The number of nitrogens with one attached hydrogen (secondary N) is 1. The van der Waals surface area contributed by atoms with Gasteiger partial charge in [-0.1, -0.05) is 31.2 Å². The number of rotatable bonds is 6. The lowest BCUT2D eigenvalue weighted by Crippen LogP contribution is -2.47. The minimum Gasteiger partial charge on any atom is -0.373 e. The summed E-state index contributed by atoms with van der Waals surface area (Å²) in [5, 5.41) is 3.42. The molecule has 2 atom stereocenters. The summed E-state index contributed by atoms with van der Waals surface area (Å²) in [7, 11) is 2.10. The van der Waals surface area contributed by atoms with Gasteiger partial charge in [0.15, 0.2) is 5.96 Å². The smallest absolute Gasteiger partial charge is 0.194 e. The number of ether oxygens (including phenoxy) is 1. The van der Waals surface area contributed by atoms with Gasteiger partial charge in [-0.3, -0.25) is 9.89 Å². The fourth-order valence-corrected chi connectivity index (χ4v) is 3.88. The summed E-state index contributed by atoms with van der Waals surface area (Å²) in [4.78, 5) is 9.64. The molecule has 5 heteroatoms. The van der Waals surface area contributed by atoms with Gasteiger partial charge >= 0.3 is 0 Å². The van der Waals surface area contributed by atoms with Crippen LogP contribution < -0.4 is 5.32 Å². The van der Waals surface area contributed by atoms with Crippen LogP contribution in [-0.4, -0.2) is 67.7 Å². The number of nitrogens with zero attached hydrogens (tertiary/aromatic N) is 3. The first-order valence-corrected chi connectivity index (χ1v) is 10.1. The Kier molecular flexibility index (Phi) is 6.92. The van der Waals surface area contributed by atoms with Crippen LogP contribution in [0.5, 0.6) is 0 Å². The zero-order valence-electron chi connectivity index (χ0n) is 16.6. The van der Waals surface area contributed by atoms with Crippen LogP contribution in [0.15, 0.2) is 29.3 Å². The second-order valence-corrected chi connectivity index (χ2v) is 7.47. The minimum atomic E-state index is 0.218. The standard InChI is InChI=1S/C21H34N4O/c1-4-17-8-10-18(11-9-17)14-24(3)21(22-5-2)23-13-20-15-25-12-6-7-19(25)16-26-20/h8-11,19-20H,4-7,12-16H2,1-3H3,(H,22,23). The average Bonchev–Trinajstić information content (AvgIpc) is 3.13. The van der Waals surface area contributed by atoms with E-state index in [0.29, 0.717) is 6.04 Å². The van der Waals surface area contributed by atoms with Crippen LogP contribution in [0, 0.1) is 0 Å². The lowest BCUT2D eigenvalue weighted by molar-refractivity contribution is -0.0432. The average molecular weight is 359 g/mol. The molecule has 2 fully saturated rings. The third-order valence-electron chi connectivity index (χ3n) is 5.45. The zero-order chi connectivity index (χ0) is 18.4. The molecule has 0 aliphatic carbocycles. The zero-order valence-corrected chi connectivity index (χ0v) is 16.6. The van der Waals surface area contributed by atoms with Gasteiger partial charge in [-0.25, -0.2) is 0 Å². The maximum atomic E-state index is 6.05. The third-order valence-corrected chi connectivity index (χ3v) is 5.45. The van der Waals surface area contributed by atoms with Gasteiger partial charge < -0.3 is 15.0 Å². The van der Waals surface area contributed by atoms with E-state index in [1.54, 1.807) is 0 Å². The van der Waals surface area contributed by atoms with Crippen molar-refractivity contribution >= 4 is 5.96 Å². The Labute approximate surface area is 158 Å². The summed E-state index contributed by atoms with van der Waals surface area (Å²) in [6.07, 6.45) is 3.90. The van der Waals surface area contributed by atoms with Crippen molar-refractivity contribution in [1.29, 1.82) is 0 Å². The molecule has 1 aromatic carbocycles. The highest BCUT2D eigenvalue weighted by Crippen LogP contribution is 2.22. The summed E-state index contributed by atoms with van der Waals surface area (Å²) < 4.78 is 6.05. The second-order valence-electron chi connectivity index (χ2n) is 7.47. The van der Waals surface area contributed by atoms with Crippen LogP contribution in [0.4, 0.5) is 0 Å². The quantitative estimate of drug-likeness (QED) is 0.627. The molecule has 144 valence electrons. The van der Waals surface area contributed by atoms with E-state index in [1.165, 1.54) is 30.5 Å². The summed E-state index contributed by atoms with van der Waals surface area (Å²) in [6.45, 7) is 9.88. The maximum Gasteiger partial charge on any atom is 0.194 e. The summed E-state index contributed by atoms with van der Waals surface area (Å²) in [6, 6.07) is 9.52. The number of aliphatic imine (C=N–C) groups is 1. The lowest BCUT2D eigenvalue weighted by atomic mass is 10.1. The van der Waals surface area contributed by atoms with Gasteiger partial charge in [0.25, 0.3) is 0 Å². The Hall–Kier alpha value is -1.59. The first-order valence-electron chi connectivity index (χ1n) is 10.1. The lowest BCUT2D eigenvalue weighted by Gasteiger charge is -2.34. The predicted octanol–water partition coefficient (Wildman–Crippen LogP) is 2.51. The van der Waals surface area contributed by atoms with E-state index in [4.69, 9.17) is 9.73 Å². The van der Waals surface area contributed by atoms with Gasteiger partial charge in [0, 0.05) is 32.7 Å². The first-order chi connectivity index (χ1) is 12.7. The van der Waals surface area contributed by atoms with Crippen LogP contribution in [0.3, 0.4) is 0 Å². The summed E-state index contributed by atoms with van der Waals surface area (Å²) in [5.74, 6) is 0.958. The number of guanidine groups is 1. The number of hydrogen-bond donors (Lipinski definition) is 1. The van der Waals surface area contributed by atoms with Gasteiger partial charge in [0.1, 0.15) is 0 Å². The molecule has 2 heterocycles. The molecule has 0 aromatic heterocycles. The van der Waals surface area contributed by atoms with E-state index in [1.807, 2.05) is 0 Å². The van der Waals surface area contributed by atoms with Crippen molar-refractivity contribution < 1.29 is 4.74 Å². The number of hydrogen-bond acceptors (Lipinski definition) is 3. The van der Waals surface area contributed by atoms with Crippen molar-refractivity contribution in [2.24, 2.45) is 4.99 Å². The van der Waals surface area contributed by atoms with E-state index < -0.39 is 0 Å². The Morgan fingerprint density at radius 1 is 1.27 bits per heavy atom. The van der Waals surface area contributed by atoms with E-state index in [2.05, 4.69) is 60.3 Å². The summed E-state index contributed by atoms with van der Waals surface area (Å²) >= 11 is 0. The van der Waals surface area contributed by atoms with Crippen molar-refractivity contribution in [1.82, 2.24) is 15.1 Å². The Balaban J connectivity index is 1.56. The van der Waals surface area contributed by atoms with Gasteiger partial charge in [-0.15, -0.1) is 0 Å². The molecule has 0 spiro atoms. The third kappa shape index (κ3) is 4.98. The van der Waals surface area contributed by atoms with Crippen molar-refractivity contribution in [3.05, 3.63) is 35.4 Å². The molecule has 5 nitrogen and oxygen atoms in total. The van der Waals surface area contributed by atoms with Crippen molar-refractivity contribution in [3.63, 3.8) is 0 Å². The number of fused-ring (bicyclic) bond motifs is 1. The molecule has 1 aromatic rings. The van der Waals surface area contributed by atoms with Crippen molar-refractivity contribution in [2.75, 3.05) is 39.8 Å². The van der Waals surface area contributed by atoms with Crippen LogP contribution in [0.2, 0.25) is 0 Å². The van der Waals surface area contributed by atoms with Crippen LogP contribution in [0.1, 0.15) is 37.8 Å². The van der Waals surface area contributed by atoms with Crippen LogP contribution in [-0.2, 0) is 17.7 Å². The number of morpholine rings is 1. The molecule has 0 saturated carbocycles. The fraction of sp³-hybridized carbons (Fsp3) is 0.667. The maximum absolute atomic E-state index is 6.05. The van der Waals surface area contributed by atoms with Crippen molar-refractivity contribution in [2.45, 2.75) is 51.8 Å². The monoisotopic (exact) mass is 358 g/mol. The van der Waals surface area contributed by atoms with Crippen molar-refractivity contribution in [3.8, 4) is 0 Å². The van der Waals surface area contributed by atoms with Gasteiger partial charge in [-0.2, -0.15) is 0 Å². The highest BCUT2D eigenvalue weighted by Gasteiger charge is 2.32. The van der Waals surface area contributed by atoms with Crippen LogP contribution >= 0.6 is 0 Å². The Morgan fingerprint density at radius 2 is 2.04 bits per heavy atom. The van der Waals surface area contributed by atoms with Gasteiger partial charge in [0.2, 0.25) is 0 Å². The molecule has 2 unspecified atom stereocenters. The minimum absolute atomic E-state index is 0.218. The number of benzene rings is 1. The first kappa shape index (κ1) is 19.2. The van der Waals surface area contributed by atoms with Crippen LogP contribution in [0.25, 0.3) is 0 Å². The van der Waals surface area contributed by atoms with E-state index in [9.17, 15) is 0 Å². The molecule has 2 aliphatic rings. The number of aryl methyl sites for hydroxylation is 1. The molecule has 2 saturated heterocycles.